The molecule has 0 saturated heterocycles. The van der Waals surface area contributed by atoms with Crippen LogP contribution < -0.4 is 16.6 Å². The molecule has 0 saturated carbocycles. The largest absolute Gasteiger partial charge is 0.398 e. The van der Waals surface area contributed by atoms with Crippen molar-refractivity contribution in [1.82, 2.24) is 30.5 Å². The third-order valence-corrected chi connectivity index (χ3v) is 2.15. The Morgan fingerprint density at radius 1 is 1.50 bits per heavy atom. The Balaban J connectivity index is 1.95. The number of aromatic nitrogens is 5. The molecule has 0 aliphatic rings. The Hall–Kier alpha value is -2.71. The van der Waals surface area contributed by atoms with Crippen LogP contribution in [0.1, 0.15) is 5.82 Å². The molecule has 2 aromatic rings. The summed E-state index contributed by atoms with van der Waals surface area (Å²) < 4.78 is 1.22. The number of pyridine rings is 1. The number of anilines is 1. The Kier molecular flexibility index (Phi) is 3.32. The van der Waals surface area contributed by atoms with Gasteiger partial charge in [0.25, 0.3) is 5.56 Å². The second kappa shape index (κ2) is 5.08. The molecule has 18 heavy (non-hydrogen) atoms. The van der Waals surface area contributed by atoms with E-state index < -0.39 is 0 Å². The van der Waals surface area contributed by atoms with Crippen LogP contribution in [-0.4, -0.2) is 31.1 Å². The molecule has 2 aromatic heterocycles. The summed E-state index contributed by atoms with van der Waals surface area (Å²) in [6.07, 6.45) is 1.41. The summed E-state index contributed by atoms with van der Waals surface area (Å²) >= 11 is 0. The number of carbonyl (C=O) groups excluding carboxylic acids is 1. The zero-order valence-corrected chi connectivity index (χ0v) is 9.33. The van der Waals surface area contributed by atoms with E-state index in [1.54, 1.807) is 0 Å². The summed E-state index contributed by atoms with van der Waals surface area (Å²) in [6, 6.07) is 2.79. The summed E-state index contributed by atoms with van der Waals surface area (Å²) in [5, 5.41) is 15.5. The molecule has 9 heteroatoms. The normalized spacial score (nSPS) is 10.2. The highest BCUT2D eigenvalue weighted by Gasteiger charge is 2.06. The van der Waals surface area contributed by atoms with Gasteiger partial charge in [-0.2, -0.15) is 5.21 Å². The van der Waals surface area contributed by atoms with Crippen LogP contribution in [0.4, 0.5) is 5.69 Å². The molecule has 94 valence electrons. The van der Waals surface area contributed by atoms with Crippen LogP contribution in [0.15, 0.2) is 23.1 Å². The average Bonchev–Trinajstić information content (AvgIpc) is 2.84. The number of amides is 1. The van der Waals surface area contributed by atoms with Crippen molar-refractivity contribution >= 4 is 11.6 Å². The molecule has 0 unspecified atom stereocenters. The number of hydrogen-bond acceptors (Lipinski definition) is 6. The monoisotopic (exact) mass is 249 g/mol. The second-order valence-electron chi connectivity index (χ2n) is 3.53. The van der Waals surface area contributed by atoms with Crippen molar-refractivity contribution in [2.45, 2.75) is 13.1 Å². The third kappa shape index (κ3) is 2.90. The zero-order chi connectivity index (χ0) is 13.0. The molecule has 0 aromatic carbocycles. The van der Waals surface area contributed by atoms with Gasteiger partial charge in [-0.05, 0) is 6.07 Å². The molecule has 0 bridgehead atoms. The first kappa shape index (κ1) is 11.8. The first-order valence-electron chi connectivity index (χ1n) is 5.10. The predicted octanol–water partition coefficient (Wildman–Crippen LogP) is -1.74. The van der Waals surface area contributed by atoms with Crippen LogP contribution in [0.2, 0.25) is 0 Å². The quantitative estimate of drug-likeness (QED) is 0.589. The van der Waals surface area contributed by atoms with Gasteiger partial charge in [0.05, 0.1) is 6.54 Å². The number of nitrogens with two attached hydrogens (primary N) is 1. The van der Waals surface area contributed by atoms with Crippen LogP contribution in [0.5, 0.6) is 0 Å². The Bertz CT molecular complexity index is 589. The fourth-order valence-electron chi connectivity index (χ4n) is 1.32. The van der Waals surface area contributed by atoms with E-state index in [1.807, 2.05) is 0 Å². The minimum absolute atomic E-state index is 0.109. The number of hydrogen-bond donors (Lipinski definition) is 3. The average molecular weight is 249 g/mol. The van der Waals surface area contributed by atoms with Gasteiger partial charge in [0.2, 0.25) is 5.91 Å². The van der Waals surface area contributed by atoms with E-state index in [-0.39, 0.29) is 24.6 Å². The Labute approximate surface area is 101 Å². The highest BCUT2D eigenvalue weighted by molar-refractivity contribution is 5.75. The van der Waals surface area contributed by atoms with Crippen LogP contribution >= 0.6 is 0 Å². The van der Waals surface area contributed by atoms with Gasteiger partial charge in [-0.15, -0.1) is 10.2 Å². The molecular weight excluding hydrogens is 238 g/mol. The summed E-state index contributed by atoms with van der Waals surface area (Å²) in [4.78, 5) is 23.0. The lowest BCUT2D eigenvalue weighted by Gasteiger charge is -2.06. The van der Waals surface area contributed by atoms with Crippen LogP contribution in [0.3, 0.4) is 0 Å². The maximum absolute atomic E-state index is 11.6. The van der Waals surface area contributed by atoms with Gasteiger partial charge in [-0.1, -0.05) is 5.21 Å². The fourth-order valence-corrected chi connectivity index (χ4v) is 1.32. The van der Waals surface area contributed by atoms with Crippen molar-refractivity contribution in [2.24, 2.45) is 0 Å². The summed E-state index contributed by atoms with van der Waals surface area (Å²) in [5.41, 5.74) is 5.66. The van der Waals surface area contributed by atoms with Crippen LogP contribution in [0, 0.1) is 0 Å². The van der Waals surface area contributed by atoms with Crippen molar-refractivity contribution in [3.63, 3.8) is 0 Å². The second-order valence-corrected chi connectivity index (χ2v) is 3.53. The number of aromatic amines is 1. The van der Waals surface area contributed by atoms with Gasteiger partial charge in [0.15, 0.2) is 5.82 Å². The van der Waals surface area contributed by atoms with E-state index in [0.29, 0.717) is 11.5 Å². The third-order valence-electron chi connectivity index (χ3n) is 2.15. The minimum atomic E-state index is -0.340. The van der Waals surface area contributed by atoms with Gasteiger partial charge in [-0.3, -0.25) is 9.59 Å². The number of H-pyrrole nitrogens is 1. The Morgan fingerprint density at radius 3 is 3.06 bits per heavy atom. The lowest BCUT2D eigenvalue weighted by atomic mass is 10.4. The summed E-state index contributed by atoms with van der Waals surface area (Å²) in [7, 11) is 0. The highest BCUT2D eigenvalue weighted by atomic mass is 16.2. The van der Waals surface area contributed by atoms with Crippen LogP contribution in [0.25, 0.3) is 0 Å². The molecule has 2 rings (SSSR count). The van der Waals surface area contributed by atoms with Crippen molar-refractivity contribution in [1.29, 1.82) is 0 Å². The maximum atomic E-state index is 11.6. The van der Waals surface area contributed by atoms with Crippen LogP contribution in [-0.2, 0) is 17.9 Å². The molecule has 4 N–H and O–H groups in total. The van der Waals surface area contributed by atoms with Crippen molar-refractivity contribution < 1.29 is 4.79 Å². The minimum Gasteiger partial charge on any atom is -0.398 e. The van der Waals surface area contributed by atoms with E-state index in [0.717, 1.165) is 0 Å². The topological polar surface area (TPSA) is 132 Å². The molecule has 0 aliphatic carbocycles. The lowest BCUT2D eigenvalue weighted by Crippen LogP contribution is -2.31. The van der Waals surface area contributed by atoms with E-state index in [2.05, 4.69) is 25.9 Å². The molecule has 0 fully saturated rings. The fraction of sp³-hybridized carbons (Fsp3) is 0.222. The van der Waals surface area contributed by atoms with Gasteiger partial charge in [0.1, 0.15) is 6.54 Å². The smallest absolute Gasteiger partial charge is 0.251 e. The van der Waals surface area contributed by atoms with E-state index in [9.17, 15) is 9.59 Å². The van der Waals surface area contributed by atoms with Crippen molar-refractivity contribution in [3.8, 4) is 0 Å². The number of rotatable bonds is 4. The summed E-state index contributed by atoms with van der Waals surface area (Å²) in [5.74, 6) is 0.0239. The van der Waals surface area contributed by atoms with E-state index >= 15 is 0 Å². The maximum Gasteiger partial charge on any atom is 0.251 e. The highest BCUT2D eigenvalue weighted by Crippen LogP contribution is 1.95. The number of nitrogen functional groups attached to an aromatic ring is 1. The van der Waals surface area contributed by atoms with Crippen molar-refractivity contribution in [3.05, 3.63) is 34.5 Å². The SMILES string of the molecule is Nc1ccc(=O)n(CC(=O)NCc2nn[nH]n2)c1. The number of nitrogens with zero attached hydrogens (tertiary/aromatic N) is 4. The molecule has 0 spiro atoms. The van der Waals surface area contributed by atoms with E-state index in [1.165, 1.54) is 22.9 Å². The van der Waals surface area contributed by atoms with Gasteiger partial charge < -0.3 is 15.6 Å². The Morgan fingerprint density at radius 2 is 2.33 bits per heavy atom. The number of tetrazole rings is 1. The first-order chi connectivity index (χ1) is 8.65. The molecule has 2 heterocycles. The lowest BCUT2D eigenvalue weighted by molar-refractivity contribution is -0.121. The first-order valence-corrected chi connectivity index (χ1v) is 5.10. The molecule has 0 aliphatic heterocycles. The summed E-state index contributed by atoms with van der Waals surface area (Å²) in [6.45, 7) is 0.0358. The van der Waals surface area contributed by atoms with Gasteiger partial charge >= 0.3 is 0 Å². The standard InChI is InChI=1S/C9H11N7O2/c10-6-1-2-9(18)16(4-6)5-8(17)11-3-7-12-14-15-13-7/h1-2,4H,3,5,10H2,(H,11,17)(H,12,13,14,15). The molecular formula is C9H11N7O2. The molecule has 0 radical (unpaired) electrons. The number of nitrogens with one attached hydrogen (secondary N) is 2. The molecule has 1 amide bonds. The van der Waals surface area contributed by atoms with Gasteiger partial charge in [-0.25, -0.2) is 0 Å². The van der Waals surface area contributed by atoms with Gasteiger partial charge in [0, 0.05) is 18.0 Å². The number of carbonyl (C=O) groups is 1. The molecule has 0 atom stereocenters. The van der Waals surface area contributed by atoms with Crippen molar-refractivity contribution in [2.75, 3.05) is 5.73 Å². The zero-order valence-electron chi connectivity index (χ0n) is 9.33. The predicted molar refractivity (Wildman–Crippen MR) is 61.1 cm³/mol. The molecule has 9 nitrogen and oxygen atoms in total. The van der Waals surface area contributed by atoms with E-state index in [4.69, 9.17) is 5.73 Å².